The van der Waals surface area contributed by atoms with E-state index in [4.69, 9.17) is 0 Å². The van der Waals surface area contributed by atoms with Gasteiger partial charge < -0.3 is 4.74 Å². The number of benzene rings is 1. The first-order valence-corrected chi connectivity index (χ1v) is 10.0. The van der Waals surface area contributed by atoms with Crippen molar-refractivity contribution in [2.45, 2.75) is 58.0 Å². The molecule has 152 valence electrons. The van der Waals surface area contributed by atoms with Crippen LogP contribution >= 0.6 is 0 Å². The van der Waals surface area contributed by atoms with Gasteiger partial charge in [-0.05, 0) is 79.4 Å². The van der Waals surface area contributed by atoms with Gasteiger partial charge in [0, 0.05) is 6.42 Å². The van der Waals surface area contributed by atoms with Gasteiger partial charge in [0.25, 0.3) is 0 Å². The molecule has 4 aliphatic rings. The van der Waals surface area contributed by atoms with Gasteiger partial charge >= 0.3 is 6.61 Å². The van der Waals surface area contributed by atoms with Crippen molar-refractivity contribution in [3.05, 3.63) is 29.8 Å². The lowest BCUT2D eigenvalue weighted by Gasteiger charge is -2.56. The van der Waals surface area contributed by atoms with Gasteiger partial charge in [0.05, 0.1) is 6.42 Å². The van der Waals surface area contributed by atoms with Crippen LogP contribution in [0.1, 0.15) is 50.5 Å². The molecule has 4 bridgehead atoms. The Morgan fingerprint density at radius 3 is 2.04 bits per heavy atom. The van der Waals surface area contributed by atoms with Gasteiger partial charge in [0.2, 0.25) is 11.8 Å². The molecule has 1 aromatic rings. The van der Waals surface area contributed by atoms with Crippen molar-refractivity contribution in [1.82, 2.24) is 10.9 Å². The Balaban J connectivity index is 1.23. The summed E-state index contributed by atoms with van der Waals surface area (Å²) in [7, 11) is 0. The van der Waals surface area contributed by atoms with Crippen LogP contribution in [0.5, 0.6) is 5.75 Å². The molecular weight excluding hydrogens is 366 g/mol. The molecule has 0 heterocycles. The molecule has 1 aromatic carbocycles. The van der Waals surface area contributed by atoms with Crippen LogP contribution in [0.4, 0.5) is 8.78 Å². The van der Waals surface area contributed by atoms with Crippen LogP contribution in [0.3, 0.4) is 0 Å². The molecule has 2 N–H and O–H groups in total. The van der Waals surface area contributed by atoms with Crippen molar-refractivity contribution >= 4 is 11.8 Å². The fourth-order valence-electron chi connectivity index (χ4n) is 6.05. The van der Waals surface area contributed by atoms with E-state index in [1.54, 1.807) is 12.1 Å². The van der Waals surface area contributed by atoms with Crippen LogP contribution in [0.15, 0.2) is 24.3 Å². The molecule has 0 radical (unpaired) electrons. The van der Waals surface area contributed by atoms with E-state index >= 15 is 0 Å². The first-order valence-electron chi connectivity index (χ1n) is 10.0. The second-order valence-corrected chi connectivity index (χ2v) is 8.89. The Hall–Kier alpha value is -2.18. The Morgan fingerprint density at radius 1 is 0.964 bits per heavy atom. The Labute approximate surface area is 163 Å². The number of alkyl halides is 2. The lowest BCUT2D eigenvalue weighted by Crippen LogP contribution is -2.50. The van der Waals surface area contributed by atoms with Gasteiger partial charge in [-0.1, -0.05) is 12.1 Å². The molecule has 7 heteroatoms. The van der Waals surface area contributed by atoms with Crippen LogP contribution < -0.4 is 15.6 Å². The number of hydrogen-bond acceptors (Lipinski definition) is 3. The number of carbonyl (C=O) groups is 2. The first-order chi connectivity index (χ1) is 13.4. The summed E-state index contributed by atoms with van der Waals surface area (Å²) in [6.45, 7) is -2.88. The fourth-order valence-corrected chi connectivity index (χ4v) is 6.05. The van der Waals surface area contributed by atoms with Crippen LogP contribution in [0.25, 0.3) is 0 Å². The SMILES string of the molecule is O=C(Cc1ccc(OC(F)F)cc1)NNC(=O)CC12CC3CC(CC(C3)C1)C2. The molecule has 0 saturated heterocycles. The minimum Gasteiger partial charge on any atom is -0.435 e. The van der Waals surface area contributed by atoms with Crippen molar-refractivity contribution in [3.8, 4) is 5.75 Å². The van der Waals surface area contributed by atoms with E-state index in [0.717, 1.165) is 37.0 Å². The van der Waals surface area contributed by atoms with Gasteiger partial charge in [-0.2, -0.15) is 8.78 Å². The second-order valence-electron chi connectivity index (χ2n) is 8.89. The van der Waals surface area contributed by atoms with Crippen molar-refractivity contribution in [2.24, 2.45) is 23.2 Å². The third-order valence-corrected chi connectivity index (χ3v) is 6.56. The number of nitrogens with one attached hydrogen (secondary N) is 2. The van der Waals surface area contributed by atoms with Crippen molar-refractivity contribution in [1.29, 1.82) is 0 Å². The molecule has 0 atom stereocenters. The van der Waals surface area contributed by atoms with Crippen molar-refractivity contribution in [3.63, 3.8) is 0 Å². The number of hydrogen-bond donors (Lipinski definition) is 2. The number of hydrazine groups is 1. The summed E-state index contributed by atoms with van der Waals surface area (Å²) in [4.78, 5) is 24.5. The summed E-state index contributed by atoms with van der Waals surface area (Å²) in [6.07, 6.45) is 7.97. The monoisotopic (exact) mass is 392 g/mol. The highest BCUT2D eigenvalue weighted by Gasteiger charge is 2.51. The Bertz CT molecular complexity index is 700. The maximum atomic E-state index is 12.4. The summed E-state index contributed by atoms with van der Waals surface area (Å²) in [5.74, 6) is 1.92. The van der Waals surface area contributed by atoms with E-state index in [2.05, 4.69) is 15.6 Å². The molecule has 5 rings (SSSR count). The molecule has 2 amide bonds. The summed E-state index contributed by atoms with van der Waals surface area (Å²) in [5.41, 5.74) is 5.80. The van der Waals surface area contributed by atoms with Crippen LogP contribution in [-0.4, -0.2) is 18.4 Å². The zero-order valence-corrected chi connectivity index (χ0v) is 15.8. The Kier molecular flexibility index (Phi) is 5.25. The third kappa shape index (κ3) is 4.45. The first kappa shape index (κ1) is 19.2. The van der Waals surface area contributed by atoms with Gasteiger partial charge in [0.15, 0.2) is 0 Å². The van der Waals surface area contributed by atoms with Gasteiger partial charge in [-0.15, -0.1) is 0 Å². The second kappa shape index (κ2) is 7.68. The smallest absolute Gasteiger partial charge is 0.387 e. The highest BCUT2D eigenvalue weighted by Crippen LogP contribution is 2.61. The van der Waals surface area contributed by atoms with Gasteiger partial charge in [-0.3, -0.25) is 20.4 Å². The third-order valence-electron chi connectivity index (χ3n) is 6.56. The average molecular weight is 392 g/mol. The Morgan fingerprint density at radius 2 is 1.50 bits per heavy atom. The molecule has 5 nitrogen and oxygen atoms in total. The number of ether oxygens (including phenoxy) is 1. The molecule has 0 aliphatic heterocycles. The molecule has 0 spiro atoms. The lowest BCUT2D eigenvalue weighted by molar-refractivity contribution is -0.134. The van der Waals surface area contributed by atoms with E-state index < -0.39 is 6.61 Å². The minimum absolute atomic E-state index is 0.0445. The molecule has 28 heavy (non-hydrogen) atoms. The normalized spacial score (nSPS) is 30.3. The highest BCUT2D eigenvalue weighted by atomic mass is 19.3. The molecule has 0 unspecified atom stereocenters. The highest BCUT2D eigenvalue weighted by molar-refractivity contribution is 5.83. The van der Waals surface area contributed by atoms with Crippen molar-refractivity contribution < 1.29 is 23.1 Å². The summed E-state index contributed by atoms with van der Waals surface area (Å²) < 4.78 is 28.6. The van der Waals surface area contributed by atoms with Gasteiger partial charge in [-0.25, -0.2) is 0 Å². The number of rotatable bonds is 6. The number of amides is 2. The summed E-state index contributed by atoms with van der Waals surface area (Å²) >= 11 is 0. The average Bonchev–Trinajstić information content (AvgIpc) is 2.60. The molecule has 4 aliphatic carbocycles. The maximum Gasteiger partial charge on any atom is 0.387 e. The van der Waals surface area contributed by atoms with E-state index in [-0.39, 0.29) is 29.4 Å². The minimum atomic E-state index is -2.88. The fraction of sp³-hybridized carbons (Fsp3) is 0.619. The molecule has 4 fully saturated rings. The molecular formula is C21H26F2N2O3. The number of halogens is 2. The predicted octanol–water partition coefficient (Wildman–Crippen LogP) is 3.58. The number of carbonyl (C=O) groups excluding carboxylic acids is 2. The molecule has 4 saturated carbocycles. The van der Waals surface area contributed by atoms with E-state index in [9.17, 15) is 18.4 Å². The quantitative estimate of drug-likeness (QED) is 0.727. The molecule has 0 aromatic heterocycles. The van der Waals surface area contributed by atoms with Crippen LogP contribution in [0, 0.1) is 23.2 Å². The largest absolute Gasteiger partial charge is 0.435 e. The zero-order chi connectivity index (χ0) is 19.7. The zero-order valence-electron chi connectivity index (χ0n) is 15.8. The summed E-state index contributed by atoms with van der Waals surface area (Å²) in [5, 5.41) is 0. The van der Waals surface area contributed by atoms with E-state index in [0.29, 0.717) is 12.0 Å². The summed E-state index contributed by atoms with van der Waals surface area (Å²) in [6, 6.07) is 5.88. The van der Waals surface area contributed by atoms with Gasteiger partial charge in [0.1, 0.15) is 5.75 Å². The van der Waals surface area contributed by atoms with E-state index in [1.807, 2.05) is 0 Å². The van der Waals surface area contributed by atoms with E-state index in [1.165, 1.54) is 31.4 Å². The predicted molar refractivity (Wildman–Crippen MR) is 98.3 cm³/mol. The van der Waals surface area contributed by atoms with Crippen LogP contribution in [0.2, 0.25) is 0 Å². The van der Waals surface area contributed by atoms with Crippen molar-refractivity contribution in [2.75, 3.05) is 0 Å². The lowest BCUT2D eigenvalue weighted by atomic mass is 9.49. The standard InChI is InChI=1S/C21H26F2N2O3/c22-20(23)28-17-3-1-13(2-4-17)8-18(26)24-25-19(27)12-21-9-14-5-15(10-21)7-16(6-14)11-21/h1-4,14-16,20H,5-12H2,(H,24,26)(H,25,27). The topological polar surface area (TPSA) is 67.4 Å². The van der Waals surface area contributed by atoms with Crippen LogP contribution in [-0.2, 0) is 16.0 Å². The maximum absolute atomic E-state index is 12.4.